The van der Waals surface area contributed by atoms with E-state index in [1.807, 2.05) is 6.07 Å². The number of ether oxygens (including phenoxy) is 1. The van der Waals surface area contributed by atoms with Crippen molar-refractivity contribution in [1.29, 1.82) is 0 Å². The van der Waals surface area contributed by atoms with E-state index in [4.69, 9.17) is 16.3 Å². The lowest BCUT2D eigenvalue weighted by Gasteiger charge is -2.07. The number of aromatic nitrogens is 3. The number of halogens is 1. The van der Waals surface area contributed by atoms with Gasteiger partial charge in [-0.2, -0.15) is 5.10 Å². The van der Waals surface area contributed by atoms with Crippen molar-refractivity contribution < 1.29 is 14.3 Å². The predicted molar refractivity (Wildman–Crippen MR) is 96.5 cm³/mol. The molecule has 0 unspecified atom stereocenters. The van der Waals surface area contributed by atoms with E-state index in [0.717, 1.165) is 0 Å². The van der Waals surface area contributed by atoms with E-state index >= 15 is 0 Å². The van der Waals surface area contributed by atoms with Crippen LogP contribution in [0, 0.1) is 6.92 Å². The molecule has 0 saturated heterocycles. The summed E-state index contributed by atoms with van der Waals surface area (Å²) in [6, 6.07) is 12.0. The Morgan fingerprint density at radius 1 is 1.19 bits per heavy atom. The Hall–Kier alpha value is -3.19. The summed E-state index contributed by atoms with van der Waals surface area (Å²) in [6.45, 7) is 1.32. The molecule has 0 bridgehead atoms. The number of rotatable bonds is 5. The van der Waals surface area contributed by atoms with Crippen LogP contribution in [0.15, 0.2) is 54.9 Å². The molecule has 0 radical (unpaired) electrons. The van der Waals surface area contributed by atoms with Gasteiger partial charge in [-0.25, -0.2) is 14.5 Å². The van der Waals surface area contributed by atoms with Crippen LogP contribution in [-0.4, -0.2) is 33.2 Å². The van der Waals surface area contributed by atoms with Crippen LogP contribution in [0.1, 0.15) is 16.1 Å². The first-order valence-corrected chi connectivity index (χ1v) is 8.11. The first-order valence-electron chi connectivity index (χ1n) is 7.73. The van der Waals surface area contributed by atoms with E-state index in [2.05, 4.69) is 15.4 Å². The van der Waals surface area contributed by atoms with Gasteiger partial charge in [-0.3, -0.25) is 4.79 Å². The lowest BCUT2D eigenvalue weighted by atomic mass is 10.2. The van der Waals surface area contributed by atoms with E-state index < -0.39 is 18.5 Å². The minimum absolute atomic E-state index is 0.273. The number of nitrogens with one attached hydrogen (secondary N) is 1. The van der Waals surface area contributed by atoms with Crippen molar-refractivity contribution >= 4 is 29.2 Å². The Bertz CT molecular complexity index is 923. The van der Waals surface area contributed by atoms with Crippen LogP contribution in [-0.2, 0) is 9.53 Å². The maximum atomic E-state index is 12.2. The summed E-state index contributed by atoms with van der Waals surface area (Å²) in [5.74, 6) is -0.490. The number of nitrogens with zero attached hydrogens (tertiary/aromatic N) is 3. The van der Waals surface area contributed by atoms with E-state index in [1.165, 1.54) is 10.9 Å². The number of amides is 1. The molecule has 8 heteroatoms. The molecule has 3 aromatic rings. The number of pyridine rings is 1. The molecule has 0 atom stereocenters. The Balaban J connectivity index is 1.61. The van der Waals surface area contributed by atoms with Crippen LogP contribution in [0.25, 0.3) is 5.82 Å². The topological polar surface area (TPSA) is 86.1 Å². The molecule has 2 aromatic heterocycles. The van der Waals surface area contributed by atoms with Crippen molar-refractivity contribution in [2.45, 2.75) is 6.92 Å². The number of anilines is 1. The summed E-state index contributed by atoms with van der Waals surface area (Å²) in [4.78, 5) is 28.3. The summed E-state index contributed by atoms with van der Waals surface area (Å²) in [5.41, 5.74) is 1.41. The second-order valence-electron chi connectivity index (χ2n) is 5.37. The maximum absolute atomic E-state index is 12.2. The summed E-state index contributed by atoms with van der Waals surface area (Å²) < 4.78 is 6.60. The van der Waals surface area contributed by atoms with Crippen molar-refractivity contribution in [3.63, 3.8) is 0 Å². The third-order valence-corrected chi connectivity index (χ3v) is 3.81. The van der Waals surface area contributed by atoms with E-state index in [-0.39, 0.29) is 5.56 Å². The van der Waals surface area contributed by atoms with Crippen LogP contribution in [0.4, 0.5) is 5.69 Å². The first-order chi connectivity index (χ1) is 12.5. The van der Waals surface area contributed by atoms with Gasteiger partial charge in [0, 0.05) is 16.9 Å². The Morgan fingerprint density at radius 2 is 1.96 bits per heavy atom. The Kier molecular flexibility index (Phi) is 5.28. The molecular formula is C18H15ClN4O3. The van der Waals surface area contributed by atoms with E-state index in [9.17, 15) is 9.59 Å². The molecule has 3 rings (SSSR count). The standard InChI is InChI=1S/C18H15ClN4O3/c1-12-15(10-21-23(12)16-4-2-3-9-20-16)18(25)26-11-17(24)22-14-7-5-13(19)6-8-14/h2-10H,11H2,1H3,(H,22,24). The summed E-state index contributed by atoms with van der Waals surface area (Å²) in [7, 11) is 0. The molecule has 1 aromatic carbocycles. The summed E-state index contributed by atoms with van der Waals surface area (Å²) in [6.07, 6.45) is 3.03. The number of hydrogen-bond acceptors (Lipinski definition) is 5. The highest BCUT2D eigenvalue weighted by Crippen LogP contribution is 2.14. The van der Waals surface area contributed by atoms with Gasteiger partial charge >= 0.3 is 5.97 Å². The quantitative estimate of drug-likeness (QED) is 0.698. The Labute approximate surface area is 154 Å². The first kappa shape index (κ1) is 17.6. The van der Waals surface area contributed by atoms with Crippen LogP contribution < -0.4 is 5.32 Å². The van der Waals surface area contributed by atoms with Gasteiger partial charge in [-0.15, -0.1) is 0 Å². The van der Waals surface area contributed by atoms with Gasteiger partial charge in [0.15, 0.2) is 12.4 Å². The normalized spacial score (nSPS) is 10.4. The fraction of sp³-hybridized carbons (Fsp3) is 0.111. The third-order valence-electron chi connectivity index (χ3n) is 3.56. The highest BCUT2D eigenvalue weighted by atomic mass is 35.5. The van der Waals surface area contributed by atoms with Crippen molar-refractivity contribution in [3.8, 4) is 5.82 Å². The molecule has 0 aliphatic heterocycles. The predicted octanol–water partition coefficient (Wildman–Crippen LogP) is 3.02. The van der Waals surface area contributed by atoms with Crippen LogP contribution >= 0.6 is 11.6 Å². The molecule has 1 amide bonds. The van der Waals surface area contributed by atoms with Crippen LogP contribution in [0.2, 0.25) is 5.02 Å². The number of carbonyl (C=O) groups excluding carboxylic acids is 2. The van der Waals surface area contributed by atoms with Gasteiger partial charge in [0.2, 0.25) is 0 Å². The third kappa shape index (κ3) is 4.07. The van der Waals surface area contributed by atoms with Crippen molar-refractivity contribution in [1.82, 2.24) is 14.8 Å². The lowest BCUT2D eigenvalue weighted by Crippen LogP contribution is -2.21. The van der Waals surface area contributed by atoms with E-state index in [0.29, 0.717) is 22.2 Å². The summed E-state index contributed by atoms with van der Waals surface area (Å²) in [5, 5.41) is 7.33. The molecule has 0 saturated carbocycles. The van der Waals surface area contributed by atoms with Gasteiger partial charge in [0.05, 0.1) is 11.9 Å². The highest BCUT2D eigenvalue weighted by molar-refractivity contribution is 6.30. The minimum atomic E-state index is -0.629. The van der Waals surface area contributed by atoms with Gasteiger partial charge in [0.25, 0.3) is 5.91 Å². The van der Waals surface area contributed by atoms with Crippen molar-refractivity contribution in [3.05, 3.63) is 71.1 Å². The molecule has 0 aliphatic rings. The fourth-order valence-corrected chi connectivity index (χ4v) is 2.39. The average molecular weight is 371 g/mol. The molecule has 7 nitrogen and oxygen atoms in total. The average Bonchev–Trinajstić information content (AvgIpc) is 3.04. The number of hydrogen-bond donors (Lipinski definition) is 1. The number of benzene rings is 1. The zero-order valence-electron chi connectivity index (χ0n) is 13.8. The zero-order valence-corrected chi connectivity index (χ0v) is 14.6. The smallest absolute Gasteiger partial charge is 0.342 e. The van der Waals surface area contributed by atoms with Gasteiger partial charge in [-0.05, 0) is 43.3 Å². The largest absolute Gasteiger partial charge is 0.452 e. The van der Waals surface area contributed by atoms with Gasteiger partial charge in [0.1, 0.15) is 5.56 Å². The highest BCUT2D eigenvalue weighted by Gasteiger charge is 2.18. The van der Waals surface area contributed by atoms with Gasteiger partial charge in [-0.1, -0.05) is 17.7 Å². The summed E-state index contributed by atoms with van der Waals surface area (Å²) >= 11 is 5.79. The molecule has 0 fully saturated rings. The molecule has 2 heterocycles. The zero-order chi connectivity index (χ0) is 18.5. The van der Waals surface area contributed by atoms with Crippen molar-refractivity contribution in [2.75, 3.05) is 11.9 Å². The fourth-order valence-electron chi connectivity index (χ4n) is 2.26. The monoisotopic (exact) mass is 370 g/mol. The minimum Gasteiger partial charge on any atom is -0.452 e. The van der Waals surface area contributed by atoms with Crippen molar-refractivity contribution in [2.24, 2.45) is 0 Å². The number of carbonyl (C=O) groups is 2. The molecule has 26 heavy (non-hydrogen) atoms. The van der Waals surface area contributed by atoms with E-state index in [1.54, 1.807) is 49.5 Å². The van der Waals surface area contributed by atoms with Crippen LogP contribution in [0.3, 0.4) is 0 Å². The molecule has 0 spiro atoms. The SMILES string of the molecule is Cc1c(C(=O)OCC(=O)Nc2ccc(Cl)cc2)cnn1-c1ccccn1. The second kappa shape index (κ2) is 7.79. The molecular weight excluding hydrogens is 356 g/mol. The lowest BCUT2D eigenvalue weighted by molar-refractivity contribution is -0.119. The molecule has 1 N–H and O–H groups in total. The molecule has 132 valence electrons. The number of esters is 1. The van der Waals surface area contributed by atoms with Crippen LogP contribution in [0.5, 0.6) is 0 Å². The van der Waals surface area contributed by atoms with Gasteiger partial charge < -0.3 is 10.1 Å². The molecule has 0 aliphatic carbocycles. The second-order valence-corrected chi connectivity index (χ2v) is 5.81. The Morgan fingerprint density at radius 3 is 2.65 bits per heavy atom. The maximum Gasteiger partial charge on any atom is 0.342 e.